The Morgan fingerprint density at radius 1 is 1.11 bits per heavy atom. The minimum atomic E-state index is -0.624. The average molecular weight is 501 g/mol. The zero-order valence-electron chi connectivity index (χ0n) is 15.1. The van der Waals surface area contributed by atoms with Gasteiger partial charge in [0.15, 0.2) is 5.96 Å². The molecule has 0 saturated carbocycles. The monoisotopic (exact) mass is 501 g/mol. The largest absolute Gasteiger partial charge is 0.370 e. The molecule has 9 heteroatoms. The summed E-state index contributed by atoms with van der Waals surface area (Å²) in [7, 11) is 0. The number of nitrogens with zero attached hydrogens (tertiary/aromatic N) is 2. The summed E-state index contributed by atoms with van der Waals surface area (Å²) in [6.45, 7) is 1.77. The van der Waals surface area contributed by atoms with Gasteiger partial charge in [0.1, 0.15) is 11.6 Å². The van der Waals surface area contributed by atoms with Gasteiger partial charge in [-0.1, -0.05) is 12.1 Å². The van der Waals surface area contributed by atoms with Crippen LogP contribution in [0.2, 0.25) is 0 Å². The second-order valence-electron chi connectivity index (χ2n) is 6.28. The summed E-state index contributed by atoms with van der Waals surface area (Å²) in [5.74, 6) is -1.24. The van der Waals surface area contributed by atoms with Crippen molar-refractivity contribution in [3.05, 3.63) is 59.7 Å². The highest BCUT2D eigenvalue weighted by Gasteiger charge is 2.17. The molecule has 0 radical (unpaired) electrons. The van der Waals surface area contributed by atoms with Crippen molar-refractivity contribution in [3.63, 3.8) is 0 Å². The predicted octanol–water partition coefficient (Wildman–Crippen LogP) is 4.14. The van der Waals surface area contributed by atoms with Crippen LogP contribution in [-0.2, 0) is 6.54 Å². The van der Waals surface area contributed by atoms with Crippen LogP contribution >= 0.6 is 24.0 Å². The number of aliphatic imine (C=N–C) groups is 1. The molecule has 0 atom stereocenters. The Kier molecular flexibility index (Phi) is 7.97. The smallest absolute Gasteiger partial charge is 0.321 e. The summed E-state index contributed by atoms with van der Waals surface area (Å²) in [5, 5.41) is 5.41. The van der Waals surface area contributed by atoms with Gasteiger partial charge >= 0.3 is 6.03 Å². The molecule has 1 heterocycles. The van der Waals surface area contributed by atoms with E-state index in [4.69, 9.17) is 5.73 Å². The van der Waals surface area contributed by atoms with E-state index in [0.717, 1.165) is 49.7 Å². The number of guanidine groups is 1. The Morgan fingerprint density at radius 3 is 2.61 bits per heavy atom. The highest BCUT2D eigenvalue weighted by Crippen LogP contribution is 2.16. The van der Waals surface area contributed by atoms with Gasteiger partial charge in [0, 0.05) is 24.8 Å². The molecule has 3 rings (SSSR count). The normalized spacial score (nSPS) is 13.8. The van der Waals surface area contributed by atoms with Gasteiger partial charge in [0.25, 0.3) is 0 Å². The molecule has 0 aromatic heterocycles. The molecular weight excluding hydrogens is 479 g/mol. The minimum Gasteiger partial charge on any atom is -0.370 e. The van der Waals surface area contributed by atoms with Gasteiger partial charge in [-0.3, -0.25) is 0 Å². The van der Waals surface area contributed by atoms with Crippen molar-refractivity contribution in [3.8, 4) is 0 Å². The van der Waals surface area contributed by atoms with Crippen LogP contribution in [-0.4, -0.2) is 30.0 Å². The van der Waals surface area contributed by atoms with Gasteiger partial charge in [0.05, 0.1) is 12.2 Å². The van der Waals surface area contributed by atoms with E-state index >= 15 is 0 Å². The van der Waals surface area contributed by atoms with E-state index in [1.54, 1.807) is 23.1 Å². The Morgan fingerprint density at radius 2 is 1.86 bits per heavy atom. The van der Waals surface area contributed by atoms with E-state index in [2.05, 4.69) is 15.6 Å². The third kappa shape index (κ3) is 6.04. The Labute approximate surface area is 179 Å². The number of hydrogen-bond acceptors (Lipinski definition) is 2. The SMILES string of the molecule is I.NC(=NCc1cccc(NC(=O)N2CCCC2)c1)Nc1cc(F)ccc1F. The number of hydrogen-bond donors (Lipinski definition) is 3. The number of benzene rings is 2. The summed E-state index contributed by atoms with van der Waals surface area (Å²) < 4.78 is 26.8. The van der Waals surface area contributed by atoms with Gasteiger partial charge in [-0.25, -0.2) is 18.6 Å². The molecule has 6 nitrogen and oxygen atoms in total. The maximum atomic E-state index is 13.6. The number of likely N-dealkylation sites (tertiary alicyclic amines) is 1. The molecule has 1 saturated heterocycles. The zero-order chi connectivity index (χ0) is 19.2. The first kappa shape index (κ1) is 21.9. The lowest BCUT2D eigenvalue weighted by Crippen LogP contribution is -2.32. The number of amides is 2. The maximum absolute atomic E-state index is 13.6. The molecule has 28 heavy (non-hydrogen) atoms. The fraction of sp³-hybridized carbons (Fsp3) is 0.263. The topological polar surface area (TPSA) is 82.7 Å². The number of nitrogens with two attached hydrogens (primary N) is 1. The van der Waals surface area contributed by atoms with Crippen LogP contribution in [0.4, 0.5) is 25.0 Å². The van der Waals surface area contributed by atoms with Crippen molar-refractivity contribution in [1.82, 2.24) is 4.90 Å². The van der Waals surface area contributed by atoms with Crippen LogP contribution in [0.25, 0.3) is 0 Å². The van der Waals surface area contributed by atoms with Gasteiger partial charge in [-0.15, -0.1) is 24.0 Å². The fourth-order valence-corrected chi connectivity index (χ4v) is 2.82. The second kappa shape index (κ2) is 10.2. The summed E-state index contributed by atoms with van der Waals surface area (Å²) >= 11 is 0. The van der Waals surface area contributed by atoms with Crippen molar-refractivity contribution in [2.45, 2.75) is 19.4 Å². The molecule has 0 unspecified atom stereocenters. The van der Waals surface area contributed by atoms with Gasteiger partial charge in [0.2, 0.25) is 0 Å². The molecule has 1 aliphatic rings. The summed E-state index contributed by atoms with van der Waals surface area (Å²) in [6.07, 6.45) is 2.06. The molecule has 0 spiro atoms. The van der Waals surface area contributed by atoms with Crippen LogP contribution in [0.15, 0.2) is 47.5 Å². The van der Waals surface area contributed by atoms with Crippen molar-refractivity contribution in [1.29, 1.82) is 0 Å². The summed E-state index contributed by atoms with van der Waals surface area (Å²) in [4.78, 5) is 18.1. The van der Waals surface area contributed by atoms with E-state index in [1.165, 1.54) is 0 Å². The zero-order valence-corrected chi connectivity index (χ0v) is 17.5. The second-order valence-corrected chi connectivity index (χ2v) is 6.28. The Balaban J connectivity index is 0.00000280. The van der Waals surface area contributed by atoms with Crippen LogP contribution in [0, 0.1) is 11.6 Å². The van der Waals surface area contributed by atoms with E-state index < -0.39 is 11.6 Å². The number of urea groups is 1. The average Bonchev–Trinajstić information content (AvgIpc) is 3.18. The standard InChI is InChI=1S/C19H21F2N5O.HI/c20-14-6-7-16(21)17(11-14)25-18(22)23-12-13-4-3-5-15(10-13)24-19(27)26-8-1-2-9-26;/h3-7,10-11H,1-2,8-9,12H2,(H,24,27)(H3,22,23,25);1H. The molecule has 1 aliphatic heterocycles. The molecular formula is C19H22F2IN5O. The minimum absolute atomic E-state index is 0. The van der Waals surface area contributed by atoms with E-state index in [9.17, 15) is 13.6 Å². The van der Waals surface area contributed by atoms with E-state index in [1.807, 2.05) is 6.07 Å². The third-order valence-corrected chi connectivity index (χ3v) is 4.19. The van der Waals surface area contributed by atoms with Crippen molar-refractivity contribution >= 4 is 47.3 Å². The number of carbonyl (C=O) groups excluding carboxylic acids is 1. The fourth-order valence-electron chi connectivity index (χ4n) is 2.82. The number of halogens is 3. The van der Waals surface area contributed by atoms with Crippen LogP contribution < -0.4 is 16.4 Å². The molecule has 1 fully saturated rings. The lowest BCUT2D eigenvalue weighted by atomic mass is 10.2. The van der Waals surface area contributed by atoms with Crippen molar-refractivity contribution < 1.29 is 13.6 Å². The molecule has 150 valence electrons. The molecule has 0 bridgehead atoms. The van der Waals surface area contributed by atoms with Crippen LogP contribution in [0.5, 0.6) is 0 Å². The number of carbonyl (C=O) groups is 1. The quantitative estimate of drug-likeness (QED) is 0.335. The molecule has 2 aromatic rings. The third-order valence-electron chi connectivity index (χ3n) is 4.19. The number of anilines is 2. The first-order valence-corrected chi connectivity index (χ1v) is 8.68. The Bertz CT molecular complexity index is 856. The highest BCUT2D eigenvalue weighted by molar-refractivity contribution is 14.0. The number of nitrogens with one attached hydrogen (secondary N) is 2. The first-order chi connectivity index (χ1) is 13.0. The van der Waals surface area contributed by atoms with Crippen molar-refractivity contribution in [2.24, 2.45) is 10.7 Å². The van der Waals surface area contributed by atoms with Gasteiger partial charge in [-0.2, -0.15) is 0 Å². The van der Waals surface area contributed by atoms with Gasteiger partial charge < -0.3 is 21.3 Å². The van der Waals surface area contributed by atoms with Crippen LogP contribution in [0.1, 0.15) is 18.4 Å². The molecule has 4 N–H and O–H groups in total. The summed E-state index contributed by atoms with van der Waals surface area (Å²) in [6, 6.07) is 10.2. The number of rotatable bonds is 4. The maximum Gasteiger partial charge on any atom is 0.321 e. The van der Waals surface area contributed by atoms with Crippen molar-refractivity contribution in [2.75, 3.05) is 23.7 Å². The lowest BCUT2D eigenvalue weighted by molar-refractivity contribution is 0.222. The predicted molar refractivity (Wildman–Crippen MR) is 117 cm³/mol. The highest BCUT2D eigenvalue weighted by atomic mass is 127. The molecule has 0 aliphatic carbocycles. The molecule has 2 aromatic carbocycles. The van der Waals surface area contributed by atoms with E-state index in [-0.39, 0.29) is 48.2 Å². The summed E-state index contributed by atoms with van der Waals surface area (Å²) in [5.41, 5.74) is 7.15. The lowest BCUT2D eigenvalue weighted by Gasteiger charge is -2.16. The molecule has 2 amide bonds. The van der Waals surface area contributed by atoms with Crippen LogP contribution in [0.3, 0.4) is 0 Å². The van der Waals surface area contributed by atoms with E-state index in [0.29, 0.717) is 5.69 Å². The Hall–Kier alpha value is -2.43. The first-order valence-electron chi connectivity index (χ1n) is 8.68. The van der Waals surface area contributed by atoms with Gasteiger partial charge in [-0.05, 0) is 42.7 Å².